The number of H-pyrrole nitrogens is 1. The van der Waals surface area contributed by atoms with Crippen LogP contribution in [-0.4, -0.2) is 36.6 Å². The number of thioether (sulfide) groups is 1. The number of nitrogens with one attached hydrogen (secondary N) is 1. The highest BCUT2D eigenvalue weighted by Gasteiger charge is 2.17. The number of halogens is 2. The van der Waals surface area contributed by atoms with E-state index >= 15 is 0 Å². The van der Waals surface area contributed by atoms with Crippen molar-refractivity contribution in [3.05, 3.63) is 70.5 Å². The van der Waals surface area contributed by atoms with Crippen LogP contribution >= 0.6 is 27.7 Å². The molecule has 0 radical (unpaired) electrons. The second-order valence-corrected chi connectivity index (χ2v) is 7.93. The molecule has 0 aliphatic heterocycles. The van der Waals surface area contributed by atoms with Gasteiger partial charge in [0.05, 0.1) is 11.4 Å². The van der Waals surface area contributed by atoms with Crippen LogP contribution in [0.25, 0.3) is 22.8 Å². The van der Waals surface area contributed by atoms with E-state index in [-0.39, 0.29) is 17.4 Å². The molecule has 4 rings (SSSR count). The molecule has 0 bridgehead atoms. The Morgan fingerprint density at radius 1 is 1.14 bits per heavy atom. The molecule has 0 aliphatic carbocycles. The molecule has 0 aliphatic rings. The average molecular weight is 473 g/mol. The molecule has 0 saturated carbocycles. The number of carbonyl (C=O) groups excluding carboxylic acids is 1. The molecule has 0 atom stereocenters. The highest BCUT2D eigenvalue weighted by molar-refractivity contribution is 9.10. The number of nitrogens with zero attached hydrogens (tertiary/aromatic N) is 4. The number of aromatic amines is 1. The zero-order valence-electron chi connectivity index (χ0n) is 14.8. The molecular weight excluding hydrogens is 459 g/mol. The molecule has 0 saturated heterocycles. The second kappa shape index (κ2) is 8.18. The molecule has 0 fully saturated rings. The van der Waals surface area contributed by atoms with Gasteiger partial charge < -0.3 is 5.84 Å². The van der Waals surface area contributed by atoms with Crippen LogP contribution in [0.3, 0.4) is 0 Å². The smallest absolute Gasteiger partial charge is 0.210 e. The second-order valence-electron chi connectivity index (χ2n) is 6.07. The van der Waals surface area contributed by atoms with Gasteiger partial charge in [-0.3, -0.25) is 9.89 Å². The Balaban J connectivity index is 1.48. The molecule has 10 heteroatoms. The number of nitrogen functional groups attached to an aromatic ring is 1. The lowest BCUT2D eigenvalue weighted by atomic mass is 10.1. The molecule has 7 nitrogen and oxygen atoms in total. The summed E-state index contributed by atoms with van der Waals surface area (Å²) in [5.74, 6) is 6.32. The quantitative estimate of drug-likeness (QED) is 0.250. The number of carbonyl (C=O) groups is 1. The molecule has 0 unspecified atom stereocenters. The van der Waals surface area contributed by atoms with Gasteiger partial charge in [0.2, 0.25) is 11.0 Å². The summed E-state index contributed by atoms with van der Waals surface area (Å²) < 4.78 is 15.3. The van der Waals surface area contributed by atoms with Crippen LogP contribution in [0, 0.1) is 5.82 Å². The third-order valence-electron chi connectivity index (χ3n) is 4.12. The fourth-order valence-electron chi connectivity index (χ4n) is 2.61. The van der Waals surface area contributed by atoms with Crippen LogP contribution < -0.4 is 5.84 Å². The van der Waals surface area contributed by atoms with E-state index in [1.54, 1.807) is 30.3 Å². The molecule has 4 aromatic rings. The van der Waals surface area contributed by atoms with E-state index in [1.807, 2.05) is 12.1 Å². The standard InChI is InChI=1S/C19H14BrFN6OS/c20-13-5-1-12(2-6-13)17(28)10-29-19-26-25-18(27(19)22)16-9-15(23-24-16)11-3-7-14(21)8-4-11/h1-9H,10,22H2,(H,23,24). The Labute approximate surface area is 177 Å². The minimum absolute atomic E-state index is 0.0350. The molecule has 0 spiro atoms. The lowest BCUT2D eigenvalue weighted by molar-refractivity contribution is 0.102. The minimum Gasteiger partial charge on any atom is -0.335 e. The number of hydrogen-bond acceptors (Lipinski definition) is 6. The summed E-state index contributed by atoms with van der Waals surface area (Å²) in [4.78, 5) is 12.3. The SMILES string of the molecule is Nn1c(SCC(=O)c2ccc(Br)cc2)nnc1-c1cc(-c2ccc(F)cc2)n[nH]1. The van der Waals surface area contributed by atoms with Crippen molar-refractivity contribution in [2.75, 3.05) is 11.6 Å². The van der Waals surface area contributed by atoms with Crippen molar-refractivity contribution < 1.29 is 9.18 Å². The van der Waals surface area contributed by atoms with Crippen molar-refractivity contribution in [2.45, 2.75) is 5.16 Å². The third-order valence-corrected chi connectivity index (χ3v) is 5.59. The normalized spacial score (nSPS) is 11.0. The van der Waals surface area contributed by atoms with Crippen molar-refractivity contribution in [3.63, 3.8) is 0 Å². The maximum atomic E-state index is 13.1. The third kappa shape index (κ3) is 4.22. The molecule has 0 amide bonds. The largest absolute Gasteiger partial charge is 0.335 e. The van der Waals surface area contributed by atoms with Crippen molar-refractivity contribution >= 4 is 33.5 Å². The van der Waals surface area contributed by atoms with Gasteiger partial charge in [-0.1, -0.05) is 39.8 Å². The highest BCUT2D eigenvalue weighted by atomic mass is 79.9. The van der Waals surface area contributed by atoms with Crippen LogP contribution in [0.1, 0.15) is 10.4 Å². The Morgan fingerprint density at radius 2 is 1.86 bits per heavy atom. The number of benzene rings is 2. The fraction of sp³-hybridized carbons (Fsp3) is 0.0526. The Kier molecular flexibility index (Phi) is 5.45. The van der Waals surface area contributed by atoms with Crippen molar-refractivity contribution in [1.82, 2.24) is 25.1 Å². The van der Waals surface area contributed by atoms with Crippen LogP contribution in [0.15, 0.2) is 64.2 Å². The number of nitrogens with two attached hydrogens (primary N) is 1. The lowest BCUT2D eigenvalue weighted by Gasteiger charge is -2.02. The number of rotatable bonds is 6. The summed E-state index contributed by atoms with van der Waals surface area (Å²) in [5.41, 5.74) is 2.56. The van der Waals surface area contributed by atoms with Gasteiger partial charge in [0.25, 0.3) is 0 Å². The fourth-order valence-corrected chi connectivity index (χ4v) is 3.63. The van der Waals surface area contributed by atoms with E-state index in [4.69, 9.17) is 5.84 Å². The van der Waals surface area contributed by atoms with Gasteiger partial charge in [0.1, 0.15) is 11.5 Å². The average Bonchev–Trinajstić information content (AvgIpc) is 3.34. The number of aromatic nitrogens is 5. The van der Waals surface area contributed by atoms with Gasteiger partial charge in [-0.2, -0.15) is 5.10 Å². The molecule has 2 aromatic carbocycles. The summed E-state index contributed by atoms with van der Waals surface area (Å²) in [5, 5.41) is 15.6. The predicted octanol–water partition coefficient (Wildman–Crippen LogP) is 3.93. The predicted molar refractivity (Wildman–Crippen MR) is 112 cm³/mol. The van der Waals surface area contributed by atoms with E-state index < -0.39 is 0 Å². The van der Waals surface area contributed by atoms with Gasteiger partial charge in [-0.25, -0.2) is 9.07 Å². The first kappa shape index (κ1) is 19.3. The van der Waals surface area contributed by atoms with E-state index in [0.29, 0.717) is 27.9 Å². The summed E-state index contributed by atoms with van der Waals surface area (Å²) in [6.45, 7) is 0. The highest BCUT2D eigenvalue weighted by Crippen LogP contribution is 2.25. The van der Waals surface area contributed by atoms with Gasteiger partial charge in [0.15, 0.2) is 5.78 Å². The molecule has 2 heterocycles. The maximum Gasteiger partial charge on any atom is 0.210 e. The van der Waals surface area contributed by atoms with E-state index in [0.717, 1.165) is 10.0 Å². The van der Waals surface area contributed by atoms with E-state index in [1.165, 1.54) is 28.6 Å². The molecule has 3 N–H and O–H groups in total. The van der Waals surface area contributed by atoms with Gasteiger partial charge in [-0.15, -0.1) is 10.2 Å². The molecule has 146 valence electrons. The Morgan fingerprint density at radius 3 is 2.59 bits per heavy atom. The maximum absolute atomic E-state index is 13.1. The Hall–Kier alpha value is -2.98. The molecule has 2 aromatic heterocycles. The summed E-state index contributed by atoms with van der Waals surface area (Å²) in [6, 6.07) is 14.9. The monoisotopic (exact) mass is 472 g/mol. The lowest BCUT2D eigenvalue weighted by Crippen LogP contribution is -2.13. The van der Waals surface area contributed by atoms with Gasteiger partial charge in [0, 0.05) is 15.6 Å². The van der Waals surface area contributed by atoms with E-state index in [9.17, 15) is 9.18 Å². The number of hydrogen-bond donors (Lipinski definition) is 2. The first-order valence-electron chi connectivity index (χ1n) is 8.45. The summed E-state index contributed by atoms with van der Waals surface area (Å²) in [7, 11) is 0. The minimum atomic E-state index is -0.314. The van der Waals surface area contributed by atoms with Gasteiger partial charge in [-0.05, 0) is 42.5 Å². The summed E-state index contributed by atoms with van der Waals surface area (Å²) >= 11 is 4.55. The number of ketones is 1. The zero-order valence-corrected chi connectivity index (χ0v) is 17.2. The van der Waals surface area contributed by atoms with Crippen LogP contribution in [0.4, 0.5) is 4.39 Å². The van der Waals surface area contributed by atoms with Crippen molar-refractivity contribution in [3.8, 4) is 22.8 Å². The van der Waals surface area contributed by atoms with Crippen molar-refractivity contribution in [2.24, 2.45) is 0 Å². The Bertz CT molecular complexity index is 1160. The first-order valence-corrected chi connectivity index (χ1v) is 10.2. The topological polar surface area (TPSA) is 102 Å². The molecule has 29 heavy (non-hydrogen) atoms. The van der Waals surface area contributed by atoms with Crippen LogP contribution in [-0.2, 0) is 0 Å². The zero-order chi connectivity index (χ0) is 20.4. The van der Waals surface area contributed by atoms with E-state index in [2.05, 4.69) is 36.3 Å². The van der Waals surface area contributed by atoms with Crippen molar-refractivity contribution in [1.29, 1.82) is 0 Å². The molecular formula is C19H14BrFN6OS. The summed E-state index contributed by atoms with van der Waals surface area (Å²) in [6.07, 6.45) is 0. The first-order chi connectivity index (χ1) is 14.0. The number of Topliss-reactive ketones (excluding diaryl/α,β-unsaturated/α-hetero) is 1. The van der Waals surface area contributed by atoms with Gasteiger partial charge >= 0.3 is 0 Å². The van der Waals surface area contributed by atoms with Crippen LogP contribution in [0.2, 0.25) is 0 Å². The van der Waals surface area contributed by atoms with Crippen LogP contribution in [0.5, 0.6) is 0 Å².